The molecule has 0 saturated carbocycles. The topological polar surface area (TPSA) is 67.8 Å². The van der Waals surface area contributed by atoms with Crippen LogP contribution in [0.4, 0.5) is 11.5 Å². The third kappa shape index (κ3) is 3.30. The molecule has 1 fully saturated rings. The number of carbonyl (C=O) groups is 1. The standard InChI is InChI=1S/C17H20N4O3/c1-20(13-5-6-15(23-2)19-12-13)17(22)14-4-3-7-18-16(14)21-8-10-24-11-9-21/h3-7,12H,8-11H2,1-2H3. The smallest absolute Gasteiger partial charge is 0.261 e. The number of rotatable bonds is 4. The van der Waals surface area contributed by atoms with Gasteiger partial charge in [-0.2, -0.15) is 0 Å². The molecule has 0 aliphatic carbocycles. The number of ether oxygens (including phenoxy) is 2. The molecule has 3 heterocycles. The van der Waals surface area contributed by atoms with Crippen LogP contribution in [0.15, 0.2) is 36.7 Å². The van der Waals surface area contributed by atoms with Gasteiger partial charge in [0.15, 0.2) is 0 Å². The van der Waals surface area contributed by atoms with Crippen LogP contribution in [0.5, 0.6) is 5.88 Å². The van der Waals surface area contributed by atoms with Gasteiger partial charge in [0, 0.05) is 32.4 Å². The Balaban J connectivity index is 1.85. The fourth-order valence-electron chi connectivity index (χ4n) is 2.58. The maximum atomic E-state index is 12.9. The summed E-state index contributed by atoms with van der Waals surface area (Å²) in [5.41, 5.74) is 1.26. The lowest BCUT2D eigenvalue weighted by molar-refractivity contribution is 0.0990. The summed E-state index contributed by atoms with van der Waals surface area (Å²) in [6.07, 6.45) is 3.32. The Hall–Kier alpha value is -2.67. The predicted octanol–water partition coefficient (Wildman–Crippen LogP) is 1.60. The number of carbonyl (C=O) groups excluding carboxylic acids is 1. The van der Waals surface area contributed by atoms with Gasteiger partial charge in [-0.3, -0.25) is 4.79 Å². The fourth-order valence-corrected chi connectivity index (χ4v) is 2.58. The van der Waals surface area contributed by atoms with Gasteiger partial charge in [-0.05, 0) is 18.2 Å². The van der Waals surface area contributed by atoms with Crippen molar-refractivity contribution in [3.8, 4) is 5.88 Å². The number of methoxy groups -OCH3 is 1. The van der Waals surface area contributed by atoms with Gasteiger partial charge in [0.05, 0.1) is 37.8 Å². The van der Waals surface area contributed by atoms with Crippen molar-refractivity contribution >= 4 is 17.4 Å². The average Bonchev–Trinajstić information content (AvgIpc) is 2.67. The molecular formula is C17H20N4O3. The lowest BCUT2D eigenvalue weighted by atomic mass is 10.2. The highest BCUT2D eigenvalue weighted by Gasteiger charge is 2.22. The minimum Gasteiger partial charge on any atom is -0.481 e. The van der Waals surface area contributed by atoms with Crippen LogP contribution in [0.3, 0.4) is 0 Å². The summed E-state index contributed by atoms with van der Waals surface area (Å²) < 4.78 is 10.4. The summed E-state index contributed by atoms with van der Waals surface area (Å²) in [7, 11) is 3.28. The van der Waals surface area contributed by atoms with Gasteiger partial charge >= 0.3 is 0 Å². The fraction of sp³-hybridized carbons (Fsp3) is 0.353. The van der Waals surface area contributed by atoms with E-state index in [0.717, 1.165) is 13.1 Å². The second-order valence-corrected chi connectivity index (χ2v) is 5.40. The van der Waals surface area contributed by atoms with Crippen LogP contribution in [0.25, 0.3) is 0 Å². The SMILES string of the molecule is COc1ccc(N(C)C(=O)c2cccnc2N2CCOCC2)cn1. The van der Waals surface area contributed by atoms with Gasteiger partial charge in [-0.15, -0.1) is 0 Å². The van der Waals surface area contributed by atoms with Crippen LogP contribution in [0, 0.1) is 0 Å². The molecule has 3 rings (SSSR count). The second kappa shape index (κ2) is 7.27. The molecule has 1 aliphatic heterocycles. The third-order valence-electron chi connectivity index (χ3n) is 3.95. The summed E-state index contributed by atoms with van der Waals surface area (Å²) in [5, 5.41) is 0. The Morgan fingerprint density at radius 2 is 2.04 bits per heavy atom. The van der Waals surface area contributed by atoms with E-state index in [4.69, 9.17) is 9.47 Å². The van der Waals surface area contributed by atoms with Crippen molar-refractivity contribution in [3.05, 3.63) is 42.2 Å². The van der Waals surface area contributed by atoms with E-state index >= 15 is 0 Å². The van der Waals surface area contributed by atoms with Crippen molar-refractivity contribution in [2.24, 2.45) is 0 Å². The van der Waals surface area contributed by atoms with Crippen LogP contribution in [-0.2, 0) is 4.74 Å². The largest absolute Gasteiger partial charge is 0.481 e. The van der Waals surface area contributed by atoms with Gasteiger partial charge in [-0.25, -0.2) is 9.97 Å². The zero-order chi connectivity index (χ0) is 16.9. The summed E-state index contributed by atoms with van der Waals surface area (Å²) >= 11 is 0. The third-order valence-corrected chi connectivity index (χ3v) is 3.95. The Bertz CT molecular complexity index is 699. The van der Waals surface area contributed by atoms with Gasteiger partial charge in [0.25, 0.3) is 5.91 Å². The summed E-state index contributed by atoms with van der Waals surface area (Å²) in [6.45, 7) is 2.74. The maximum Gasteiger partial charge on any atom is 0.261 e. The molecule has 1 aliphatic rings. The monoisotopic (exact) mass is 328 g/mol. The maximum absolute atomic E-state index is 12.9. The summed E-state index contributed by atoms with van der Waals surface area (Å²) in [5.74, 6) is 1.07. The lowest BCUT2D eigenvalue weighted by Gasteiger charge is -2.29. The number of nitrogens with zero attached hydrogens (tertiary/aromatic N) is 4. The molecule has 0 unspecified atom stereocenters. The van der Waals surface area contributed by atoms with Crippen LogP contribution < -0.4 is 14.5 Å². The predicted molar refractivity (Wildman–Crippen MR) is 90.8 cm³/mol. The highest BCUT2D eigenvalue weighted by atomic mass is 16.5. The average molecular weight is 328 g/mol. The number of amides is 1. The van der Waals surface area contributed by atoms with E-state index in [0.29, 0.717) is 36.2 Å². The first kappa shape index (κ1) is 16.2. The molecule has 0 spiro atoms. The molecule has 1 saturated heterocycles. The number of pyridine rings is 2. The van der Waals surface area contributed by atoms with E-state index in [2.05, 4.69) is 14.9 Å². The normalized spacial score (nSPS) is 14.3. The molecule has 1 amide bonds. The van der Waals surface area contributed by atoms with E-state index in [-0.39, 0.29) is 5.91 Å². The molecule has 2 aromatic heterocycles. The van der Waals surface area contributed by atoms with Gasteiger partial charge in [-0.1, -0.05) is 0 Å². The van der Waals surface area contributed by atoms with Crippen molar-refractivity contribution in [1.82, 2.24) is 9.97 Å². The Morgan fingerprint density at radius 3 is 2.71 bits per heavy atom. The Kier molecular flexibility index (Phi) is 4.90. The number of aromatic nitrogens is 2. The Labute approximate surface area is 140 Å². The zero-order valence-electron chi connectivity index (χ0n) is 13.8. The Morgan fingerprint density at radius 1 is 1.25 bits per heavy atom. The second-order valence-electron chi connectivity index (χ2n) is 5.40. The summed E-state index contributed by atoms with van der Waals surface area (Å²) in [6, 6.07) is 7.10. The molecule has 24 heavy (non-hydrogen) atoms. The van der Waals surface area contributed by atoms with Crippen molar-refractivity contribution in [2.45, 2.75) is 0 Å². The quantitative estimate of drug-likeness (QED) is 0.849. The minimum absolute atomic E-state index is 0.128. The van der Waals surface area contributed by atoms with Crippen LogP contribution in [0.2, 0.25) is 0 Å². The van der Waals surface area contributed by atoms with Crippen LogP contribution >= 0.6 is 0 Å². The van der Waals surface area contributed by atoms with E-state index in [1.807, 2.05) is 0 Å². The lowest BCUT2D eigenvalue weighted by Crippen LogP contribution is -2.38. The first-order chi connectivity index (χ1) is 11.7. The van der Waals surface area contributed by atoms with E-state index in [1.54, 1.807) is 55.7 Å². The van der Waals surface area contributed by atoms with Crippen molar-refractivity contribution in [2.75, 3.05) is 50.3 Å². The molecule has 0 atom stereocenters. The first-order valence-electron chi connectivity index (χ1n) is 7.76. The van der Waals surface area contributed by atoms with Gasteiger partial charge in [0.1, 0.15) is 5.82 Å². The number of hydrogen-bond acceptors (Lipinski definition) is 6. The van der Waals surface area contributed by atoms with E-state index < -0.39 is 0 Å². The molecular weight excluding hydrogens is 308 g/mol. The van der Waals surface area contributed by atoms with Crippen LogP contribution in [0.1, 0.15) is 10.4 Å². The molecule has 7 nitrogen and oxygen atoms in total. The highest BCUT2D eigenvalue weighted by Crippen LogP contribution is 2.23. The molecule has 0 N–H and O–H groups in total. The van der Waals surface area contributed by atoms with Crippen molar-refractivity contribution in [3.63, 3.8) is 0 Å². The van der Waals surface area contributed by atoms with Crippen molar-refractivity contribution < 1.29 is 14.3 Å². The van der Waals surface area contributed by atoms with Crippen LogP contribution in [-0.4, -0.2) is 56.3 Å². The number of anilines is 2. The molecule has 2 aromatic rings. The molecule has 0 aromatic carbocycles. The molecule has 0 bridgehead atoms. The molecule has 126 valence electrons. The van der Waals surface area contributed by atoms with E-state index in [1.165, 1.54) is 0 Å². The van der Waals surface area contributed by atoms with Crippen molar-refractivity contribution in [1.29, 1.82) is 0 Å². The molecule has 0 radical (unpaired) electrons. The van der Waals surface area contributed by atoms with Gasteiger partial charge < -0.3 is 19.3 Å². The van der Waals surface area contributed by atoms with E-state index in [9.17, 15) is 4.79 Å². The first-order valence-corrected chi connectivity index (χ1v) is 7.76. The highest BCUT2D eigenvalue weighted by molar-refractivity contribution is 6.08. The minimum atomic E-state index is -0.128. The van der Waals surface area contributed by atoms with Gasteiger partial charge in [0.2, 0.25) is 5.88 Å². The molecule has 7 heteroatoms. The number of morpholine rings is 1. The summed E-state index contributed by atoms with van der Waals surface area (Å²) in [4.78, 5) is 25.1. The number of hydrogen-bond donors (Lipinski definition) is 0. The zero-order valence-corrected chi connectivity index (χ0v) is 13.8.